The number of aliphatic imine (C=N–C) groups is 1. The van der Waals surface area contributed by atoms with Crippen molar-refractivity contribution in [1.29, 1.82) is 0 Å². The zero-order valence-corrected chi connectivity index (χ0v) is 16.3. The van der Waals surface area contributed by atoms with Crippen LogP contribution < -0.4 is 5.73 Å². The van der Waals surface area contributed by atoms with Gasteiger partial charge in [0.1, 0.15) is 0 Å². The molecule has 138 valence electrons. The van der Waals surface area contributed by atoms with Crippen LogP contribution in [0.15, 0.2) is 4.99 Å². The summed E-state index contributed by atoms with van der Waals surface area (Å²) in [6.07, 6.45) is 21.5. The molecule has 0 aliphatic heterocycles. The molecule has 0 aliphatic rings. The molecule has 0 saturated carbocycles. The first kappa shape index (κ1) is 22.6. The number of unbranched alkanes of at least 4 members (excludes halogenated alkanes) is 11. The van der Waals surface area contributed by atoms with E-state index in [4.69, 9.17) is 10.7 Å². The first-order valence-corrected chi connectivity index (χ1v) is 10.6. The van der Waals surface area contributed by atoms with E-state index in [1.807, 2.05) is 0 Å². The average Bonchev–Trinajstić information content (AvgIpc) is 2.56. The highest BCUT2D eigenvalue weighted by Gasteiger charge is 2.01. The normalized spacial score (nSPS) is 12.0. The first-order chi connectivity index (χ1) is 11.3. The summed E-state index contributed by atoms with van der Waals surface area (Å²) < 4.78 is 0. The number of nitrogens with two attached hydrogens (primary N) is 1. The molecule has 0 rings (SSSR count). The Kier molecular flexibility index (Phi) is 19.4. The van der Waals surface area contributed by atoms with Crippen LogP contribution >= 0.6 is 0 Å². The van der Waals surface area contributed by atoms with Crippen molar-refractivity contribution in [1.82, 2.24) is 0 Å². The lowest BCUT2D eigenvalue weighted by molar-refractivity contribution is 0.590. The molecule has 0 saturated heterocycles. The standard InChI is InChI=1S/C21H44N2/c1-3-5-7-9-11-13-15-18-21(23-20-16-19-22)17-14-12-10-8-6-4-2/h3-20,22H2,1-2H3. The van der Waals surface area contributed by atoms with Crippen molar-refractivity contribution in [2.24, 2.45) is 10.7 Å². The Morgan fingerprint density at radius 2 is 1.04 bits per heavy atom. The van der Waals surface area contributed by atoms with Crippen molar-refractivity contribution < 1.29 is 0 Å². The lowest BCUT2D eigenvalue weighted by atomic mass is 10.0. The third kappa shape index (κ3) is 17.8. The van der Waals surface area contributed by atoms with Gasteiger partial charge >= 0.3 is 0 Å². The largest absolute Gasteiger partial charge is 0.330 e. The van der Waals surface area contributed by atoms with Crippen LogP contribution in [0.3, 0.4) is 0 Å². The smallest absolute Gasteiger partial charge is 0.0400 e. The minimum atomic E-state index is 0.769. The van der Waals surface area contributed by atoms with Gasteiger partial charge in [-0.15, -0.1) is 0 Å². The Bertz CT molecular complexity index is 248. The molecule has 2 nitrogen and oxygen atoms in total. The maximum Gasteiger partial charge on any atom is 0.0400 e. The van der Waals surface area contributed by atoms with Crippen molar-refractivity contribution in [3.8, 4) is 0 Å². The van der Waals surface area contributed by atoms with Gasteiger partial charge in [0.05, 0.1) is 0 Å². The molecule has 0 aromatic heterocycles. The second kappa shape index (κ2) is 19.7. The SMILES string of the molecule is CCCCCCCCCC(CCCCCCCC)=NCCCN. The lowest BCUT2D eigenvalue weighted by Crippen LogP contribution is -2.04. The van der Waals surface area contributed by atoms with Gasteiger partial charge in [-0.25, -0.2) is 0 Å². The van der Waals surface area contributed by atoms with Crippen LogP contribution in [0.4, 0.5) is 0 Å². The number of hydrogen-bond donors (Lipinski definition) is 1. The van der Waals surface area contributed by atoms with E-state index in [1.54, 1.807) is 0 Å². The summed E-state index contributed by atoms with van der Waals surface area (Å²) in [5.41, 5.74) is 7.07. The maximum atomic E-state index is 5.59. The highest BCUT2D eigenvalue weighted by Crippen LogP contribution is 2.13. The Morgan fingerprint density at radius 3 is 1.48 bits per heavy atom. The van der Waals surface area contributed by atoms with Crippen molar-refractivity contribution >= 4 is 5.71 Å². The lowest BCUT2D eigenvalue weighted by Gasteiger charge is -2.08. The third-order valence-corrected chi connectivity index (χ3v) is 4.59. The number of hydrogen-bond acceptors (Lipinski definition) is 2. The summed E-state index contributed by atoms with van der Waals surface area (Å²) in [5, 5.41) is 0. The zero-order chi connectivity index (χ0) is 17.0. The molecule has 0 atom stereocenters. The van der Waals surface area contributed by atoms with Gasteiger partial charge in [0.25, 0.3) is 0 Å². The molecule has 2 heteroatoms. The summed E-state index contributed by atoms with van der Waals surface area (Å²) in [6, 6.07) is 0. The Balaban J connectivity index is 3.76. The molecule has 0 heterocycles. The molecule has 0 spiro atoms. The van der Waals surface area contributed by atoms with Crippen LogP contribution in [0.5, 0.6) is 0 Å². The van der Waals surface area contributed by atoms with Crippen molar-refractivity contribution in [3.05, 3.63) is 0 Å². The monoisotopic (exact) mass is 324 g/mol. The highest BCUT2D eigenvalue weighted by molar-refractivity contribution is 5.84. The van der Waals surface area contributed by atoms with E-state index in [9.17, 15) is 0 Å². The van der Waals surface area contributed by atoms with Crippen LogP contribution in [0, 0.1) is 0 Å². The van der Waals surface area contributed by atoms with Gasteiger partial charge < -0.3 is 5.73 Å². The molecule has 2 N–H and O–H groups in total. The van der Waals surface area contributed by atoms with E-state index in [0.717, 1.165) is 19.5 Å². The van der Waals surface area contributed by atoms with E-state index < -0.39 is 0 Å². The van der Waals surface area contributed by atoms with Crippen molar-refractivity contribution in [3.63, 3.8) is 0 Å². The zero-order valence-electron chi connectivity index (χ0n) is 16.3. The molecular weight excluding hydrogens is 280 g/mol. The molecule has 0 aliphatic carbocycles. The summed E-state index contributed by atoms with van der Waals surface area (Å²) >= 11 is 0. The van der Waals surface area contributed by atoms with Gasteiger partial charge in [-0.05, 0) is 38.6 Å². The van der Waals surface area contributed by atoms with Gasteiger partial charge in [-0.2, -0.15) is 0 Å². The van der Waals surface area contributed by atoms with Gasteiger partial charge in [0.15, 0.2) is 0 Å². The van der Waals surface area contributed by atoms with Gasteiger partial charge in [0.2, 0.25) is 0 Å². The van der Waals surface area contributed by atoms with Crippen LogP contribution in [0.25, 0.3) is 0 Å². The highest BCUT2D eigenvalue weighted by atomic mass is 14.7. The molecule has 0 aromatic rings. The predicted octanol–water partition coefficient (Wildman–Crippen LogP) is 6.67. The summed E-state index contributed by atoms with van der Waals surface area (Å²) in [4.78, 5) is 4.83. The molecule has 0 radical (unpaired) electrons. The Hall–Kier alpha value is -0.370. The van der Waals surface area contributed by atoms with Gasteiger partial charge in [-0.3, -0.25) is 4.99 Å². The third-order valence-electron chi connectivity index (χ3n) is 4.59. The second-order valence-electron chi connectivity index (χ2n) is 6.98. The topological polar surface area (TPSA) is 38.4 Å². The maximum absolute atomic E-state index is 5.59. The molecule has 0 fully saturated rings. The van der Waals surface area contributed by atoms with Crippen LogP contribution in [-0.4, -0.2) is 18.8 Å². The average molecular weight is 325 g/mol. The molecule has 0 bridgehead atoms. The molecule has 0 amide bonds. The minimum Gasteiger partial charge on any atom is -0.330 e. The van der Waals surface area contributed by atoms with E-state index in [-0.39, 0.29) is 0 Å². The molecule has 0 unspecified atom stereocenters. The Labute approximate surface area is 146 Å². The quantitative estimate of drug-likeness (QED) is 0.222. The van der Waals surface area contributed by atoms with Gasteiger partial charge in [0, 0.05) is 12.3 Å². The molecule has 0 aromatic carbocycles. The molecular formula is C21H44N2. The second-order valence-corrected chi connectivity index (χ2v) is 6.98. The summed E-state index contributed by atoms with van der Waals surface area (Å²) in [5.74, 6) is 0. The molecule has 23 heavy (non-hydrogen) atoms. The fourth-order valence-electron chi connectivity index (χ4n) is 3.01. The first-order valence-electron chi connectivity index (χ1n) is 10.6. The summed E-state index contributed by atoms with van der Waals surface area (Å²) in [7, 11) is 0. The predicted molar refractivity (Wildman–Crippen MR) is 107 cm³/mol. The van der Waals surface area contributed by atoms with Crippen LogP contribution in [0.2, 0.25) is 0 Å². The number of nitrogens with zero attached hydrogens (tertiary/aromatic N) is 1. The van der Waals surface area contributed by atoms with E-state index in [0.29, 0.717) is 0 Å². The Morgan fingerprint density at radius 1 is 0.609 bits per heavy atom. The fourth-order valence-corrected chi connectivity index (χ4v) is 3.01. The van der Waals surface area contributed by atoms with Crippen molar-refractivity contribution in [2.45, 2.75) is 117 Å². The van der Waals surface area contributed by atoms with E-state index >= 15 is 0 Å². The van der Waals surface area contributed by atoms with E-state index in [2.05, 4.69) is 13.8 Å². The number of rotatable bonds is 18. The van der Waals surface area contributed by atoms with Crippen molar-refractivity contribution in [2.75, 3.05) is 13.1 Å². The fraction of sp³-hybridized carbons (Fsp3) is 0.952. The minimum absolute atomic E-state index is 0.769. The van der Waals surface area contributed by atoms with Crippen LogP contribution in [0.1, 0.15) is 117 Å². The van der Waals surface area contributed by atoms with Crippen LogP contribution in [-0.2, 0) is 0 Å². The summed E-state index contributed by atoms with van der Waals surface area (Å²) in [6.45, 7) is 6.28. The van der Waals surface area contributed by atoms with E-state index in [1.165, 1.54) is 102 Å². The van der Waals surface area contributed by atoms with Gasteiger partial charge in [-0.1, -0.05) is 84.5 Å².